The number of nitrogens with one attached hydrogen (secondary N) is 1. The van der Waals surface area contributed by atoms with Crippen LogP contribution in [-0.2, 0) is 17.9 Å². The first-order valence-electron chi connectivity index (χ1n) is 9.75. The fourth-order valence-electron chi connectivity index (χ4n) is 3.52. The van der Waals surface area contributed by atoms with Gasteiger partial charge in [-0.25, -0.2) is 0 Å². The molecule has 0 saturated carbocycles. The van der Waals surface area contributed by atoms with E-state index in [-0.39, 0.29) is 24.0 Å². The molecule has 2 aromatic carbocycles. The number of guanidine groups is 1. The van der Waals surface area contributed by atoms with Gasteiger partial charge in [-0.3, -0.25) is 9.89 Å². The third kappa shape index (κ3) is 7.44. The highest BCUT2D eigenvalue weighted by molar-refractivity contribution is 14.0. The molecule has 0 unspecified atom stereocenters. The standard InChI is InChI=1S/C22H29ClN4O.HI/c1-28-16-19-7-3-5-9-21(19)26-22(24)25-14-17-10-12-27(13-11-17)15-18-6-2-4-8-20(18)23;/h2-9,17H,10-16H2,1H3,(H3,24,25,26);1H. The number of likely N-dealkylation sites (tertiary alicyclic amines) is 1. The smallest absolute Gasteiger partial charge is 0.193 e. The van der Waals surface area contributed by atoms with Crippen LogP contribution in [0.25, 0.3) is 0 Å². The molecule has 0 amide bonds. The number of para-hydroxylation sites is 1. The second kappa shape index (κ2) is 12.4. The molecule has 0 aliphatic carbocycles. The summed E-state index contributed by atoms with van der Waals surface area (Å²) in [4.78, 5) is 7.03. The molecule has 7 heteroatoms. The minimum absolute atomic E-state index is 0. The summed E-state index contributed by atoms with van der Waals surface area (Å²) in [6.45, 7) is 4.34. The van der Waals surface area contributed by atoms with E-state index >= 15 is 0 Å². The van der Waals surface area contributed by atoms with Crippen LogP contribution in [0.4, 0.5) is 5.69 Å². The second-order valence-corrected chi connectivity index (χ2v) is 7.66. The SMILES string of the molecule is COCc1ccccc1NC(N)=NCC1CCN(Cc2ccccc2Cl)CC1.I. The largest absolute Gasteiger partial charge is 0.380 e. The van der Waals surface area contributed by atoms with Gasteiger partial charge < -0.3 is 15.8 Å². The van der Waals surface area contributed by atoms with Crippen molar-refractivity contribution < 1.29 is 4.74 Å². The Balaban J connectivity index is 0.00000300. The maximum absolute atomic E-state index is 6.28. The number of ether oxygens (including phenoxy) is 1. The molecular weight excluding hydrogens is 499 g/mol. The first-order chi connectivity index (χ1) is 13.7. The molecule has 1 aliphatic rings. The van der Waals surface area contributed by atoms with Gasteiger partial charge in [-0.05, 0) is 49.5 Å². The first kappa shape index (κ1) is 23.9. The van der Waals surface area contributed by atoms with E-state index in [1.54, 1.807) is 7.11 Å². The lowest BCUT2D eigenvalue weighted by atomic mass is 9.96. The van der Waals surface area contributed by atoms with Crippen molar-refractivity contribution in [2.45, 2.75) is 26.0 Å². The number of aliphatic imine (C=N–C) groups is 1. The number of halogens is 2. The summed E-state index contributed by atoms with van der Waals surface area (Å²) in [5.41, 5.74) is 9.32. The molecule has 29 heavy (non-hydrogen) atoms. The van der Waals surface area contributed by atoms with Crippen LogP contribution in [0.15, 0.2) is 53.5 Å². The molecule has 0 spiro atoms. The van der Waals surface area contributed by atoms with E-state index in [2.05, 4.69) is 21.3 Å². The summed E-state index contributed by atoms with van der Waals surface area (Å²) in [5.74, 6) is 1.03. The van der Waals surface area contributed by atoms with Gasteiger partial charge in [0.05, 0.1) is 6.61 Å². The first-order valence-corrected chi connectivity index (χ1v) is 10.1. The number of rotatable bonds is 7. The monoisotopic (exact) mass is 528 g/mol. The number of nitrogens with two attached hydrogens (primary N) is 1. The number of hydrogen-bond donors (Lipinski definition) is 2. The Bertz CT molecular complexity index is 794. The zero-order chi connectivity index (χ0) is 19.8. The number of hydrogen-bond acceptors (Lipinski definition) is 3. The minimum atomic E-state index is 0. The quantitative estimate of drug-likeness (QED) is 0.309. The fraction of sp³-hybridized carbons (Fsp3) is 0.409. The average Bonchev–Trinajstić information content (AvgIpc) is 2.71. The minimum Gasteiger partial charge on any atom is -0.380 e. The van der Waals surface area contributed by atoms with Gasteiger partial charge in [-0.1, -0.05) is 48.0 Å². The predicted octanol–water partition coefficient (Wildman–Crippen LogP) is 4.74. The van der Waals surface area contributed by atoms with Crippen molar-refractivity contribution in [2.24, 2.45) is 16.6 Å². The summed E-state index contributed by atoms with van der Waals surface area (Å²) in [5, 5.41) is 4.05. The van der Waals surface area contributed by atoms with E-state index in [0.717, 1.165) is 55.3 Å². The molecule has 3 N–H and O–H groups in total. The van der Waals surface area contributed by atoms with Gasteiger partial charge in [-0.2, -0.15) is 0 Å². The Hall–Kier alpha value is -1.35. The van der Waals surface area contributed by atoms with Gasteiger partial charge in [0.15, 0.2) is 5.96 Å². The topological polar surface area (TPSA) is 62.9 Å². The number of methoxy groups -OCH3 is 1. The molecule has 1 aliphatic heterocycles. The van der Waals surface area contributed by atoms with Crippen molar-refractivity contribution in [2.75, 3.05) is 32.1 Å². The zero-order valence-corrected chi connectivity index (χ0v) is 19.9. The van der Waals surface area contributed by atoms with Gasteiger partial charge >= 0.3 is 0 Å². The van der Waals surface area contributed by atoms with Gasteiger partial charge in [0.1, 0.15) is 0 Å². The Kier molecular flexibility index (Phi) is 10.2. The zero-order valence-electron chi connectivity index (χ0n) is 16.8. The molecule has 5 nitrogen and oxygen atoms in total. The Morgan fingerprint density at radius 3 is 2.48 bits per heavy atom. The van der Waals surface area contributed by atoms with Crippen LogP contribution in [0.1, 0.15) is 24.0 Å². The van der Waals surface area contributed by atoms with Crippen LogP contribution < -0.4 is 11.1 Å². The van der Waals surface area contributed by atoms with E-state index in [9.17, 15) is 0 Å². The summed E-state index contributed by atoms with van der Waals surface area (Å²) in [6, 6.07) is 16.1. The molecule has 3 rings (SSSR count). The maximum Gasteiger partial charge on any atom is 0.193 e. The molecule has 1 fully saturated rings. The molecule has 1 saturated heterocycles. The highest BCUT2D eigenvalue weighted by Crippen LogP contribution is 2.22. The van der Waals surface area contributed by atoms with E-state index in [0.29, 0.717) is 18.5 Å². The number of piperidine rings is 1. The van der Waals surface area contributed by atoms with Crippen molar-refractivity contribution in [1.82, 2.24) is 4.90 Å². The van der Waals surface area contributed by atoms with E-state index in [4.69, 9.17) is 22.1 Å². The van der Waals surface area contributed by atoms with Crippen molar-refractivity contribution in [3.63, 3.8) is 0 Å². The van der Waals surface area contributed by atoms with E-state index < -0.39 is 0 Å². The third-order valence-corrected chi connectivity index (χ3v) is 5.53. The van der Waals surface area contributed by atoms with Crippen molar-refractivity contribution >= 4 is 47.2 Å². The summed E-state index contributed by atoms with van der Waals surface area (Å²) in [7, 11) is 1.69. The number of benzene rings is 2. The van der Waals surface area contributed by atoms with Crippen molar-refractivity contribution in [3.05, 3.63) is 64.7 Å². The van der Waals surface area contributed by atoms with Crippen LogP contribution in [-0.4, -0.2) is 37.6 Å². The Morgan fingerprint density at radius 1 is 1.14 bits per heavy atom. The average molecular weight is 529 g/mol. The molecule has 158 valence electrons. The molecular formula is C22H30ClIN4O. The van der Waals surface area contributed by atoms with E-state index in [1.165, 1.54) is 5.56 Å². The molecule has 0 atom stereocenters. The summed E-state index contributed by atoms with van der Waals surface area (Å²) < 4.78 is 5.23. The van der Waals surface area contributed by atoms with E-state index in [1.807, 2.05) is 42.5 Å². The molecule has 1 heterocycles. The Labute approximate surface area is 195 Å². The van der Waals surface area contributed by atoms with Crippen LogP contribution in [0, 0.1) is 5.92 Å². The van der Waals surface area contributed by atoms with Crippen molar-refractivity contribution in [1.29, 1.82) is 0 Å². The van der Waals surface area contributed by atoms with Crippen LogP contribution >= 0.6 is 35.6 Å². The number of nitrogens with zero attached hydrogens (tertiary/aromatic N) is 2. The highest BCUT2D eigenvalue weighted by Gasteiger charge is 2.19. The highest BCUT2D eigenvalue weighted by atomic mass is 127. The summed E-state index contributed by atoms with van der Waals surface area (Å²) >= 11 is 6.28. The van der Waals surface area contributed by atoms with Crippen LogP contribution in [0.5, 0.6) is 0 Å². The molecule has 0 bridgehead atoms. The van der Waals surface area contributed by atoms with Crippen molar-refractivity contribution in [3.8, 4) is 0 Å². The normalized spacial score (nSPS) is 15.7. The second-order valence-electron chi connectivity index (χ2n) is 7.25. The van der Waals surface area contributed by atoms with Gasteiger partial charge in [0.25, 0.3) is 0 Å². The fourth-order valence-corrected chi connectivity index (χ4v) is 3.72. The van der Waals surface area contributed by atoms with Gasteiger partial charge in [-0.15, -0.1) is 24.0 Å². The molecule has 0 aromatic heterocycles. The van der Waals surface area contributed by atoms with Gasteiger partial charge in [0, 0.05) is 36.5 Å². The third-order valence-electron chi connectivity index (χ3n) is 5.16. The summed E-state index contributed by atoms with van der Waals surface area (Å²) in [6.07, 6.45) is 2.25. The lowest BCUT2D eigenvalue weighted by Crippen LogP contribution is -2.34. The van der Waals surface area contributed by atoms with Crippen LogP contribution in [0.3, 0.4) is 0 Å². The number of anilines is 1. The van der Waals surface area contributed by atoms with Crippen LogP contribution in [0.2, 0.25) is 5.02 Å². The van der Waals surface area contributed by atoms with Gasteiger partial charge in [0.2, 0.25) is 0 Å². The Morgan fingerprint density at radius 2 is 1.79 bits per heavy atom. The molecule has 0 radical (unpaired) electrons. The maximum atomic E-state index is 6.28. The molecule has 2 aromatic rings. The lowest BCUT2D eigenvalue weighted by Gasteiger charge is -2.31. The predicted molar refractivity (Wildman–Crippen MR) is 132 cm³/mol. The lowest BCUT2D eigenvalue weighted by molar-refractivity contribution is 0.180.